The quantitative estimate of drug-likeness (QED) is 0.784. The van der Waals surface area contributed by atoms with Crippen LogP contribution in [0.3, 0.4) is 0 Å². The van der Waals surface area contributed by atoms with Crippen molar-refractivity contribution in [3.8, 4) is 0 Å². The second-order valence-electron chi connectivity index (χ2n) is 6.28. The van der Waals surface area contributed by atoms with E-state index in [1.165, 1.54) is 41.2 Å². The molecule has 1 heterocycles. The fourth-order valence-corrected chi connectivity index (χ4v) is 4.41. The Balaban J connectivity index is 1.59. The van der Waals surface area contributed by atoms with Gasteiger partial charge in [0.1, 0.15) is 0 Å². The van der Waals surface area contributed by atoms with Crippen LogP contribution in [-0.4, -0.2) is 35.2 Å². The van der Waals surface area contributed by atoms with Crippen LogP contribution in [-0.2, 0) is 0 Å². The molecule has 0 radical (unpaired) electrons. The molecule has 2 aliphatic rings. The number of likely N-dealkylation sites (tertiary alicyclic amines) is 1. The van der Waals surface area contributed by atoms with E-state index >= 15 is 0 Å². The monoisotopic (exact) mass is 385 g/mol. The summed E-state index contributed by atoms with van der Waals surface area (Å²) in [5.74, 6) is 0.710. The minimum atomic E-state index is -0.0852. The maximum absolute atomic E-state index is 10.2. The molecular weight excluding hydrogens is 361 g/mol. The van der Waals surface area contributed by atoms with Crippen LogP contribution >= 0.6 is 22.6 Å². The average molecular weight is 385 g/mol. The average Bonchev–Trinajstić information content (AvgIpc) is 2.48. The van der Waals surface area contributed by atoms with Crippen LogP contribution in [0.2, 0.25) is 0 Å². The van der Waals surface area contributed by atoms with E-state index < -0.39 is 0 Å². The highest BCUT2D eigenvalue weighted by Crippen LogP contribution is 2.32. The van der Waals surface area contributed by atoms with Gasteiger partial charge in [0.2, 0.25) is 0 Å². The lowest BCUT2D eigenvalue weighted by Gasteiger charge is -2.41. The molecule has 1 aliphatic carbocycles. The van der Waals surface area contributed by atoms with Crippen molar-refractivity contribution in [2.45, 2.75) is 56.6 Å². The molecule has 1 aromatic carbocycles. The second-order valence-corrected chi connectivity index (χ2v) is 7.53. The zero-order valence-corrected chi connectivity index (χ0v) is 14.1. The normalized spacial score (nSPS) is 29.5. The molecule has 2 atom stereocenters. The van der Waals surface area contributed by atoms with Gasteiger partial charge < -0.3 is 5.11 Å². The van der Waals surface area contributed by atoms with Gasteiger partial charge in [0, 0.05) is 9.61 Å². The lowest BCUT2D eigenvalue weighted by Crippen LogP contribution is -2.48. The van der Waals surface area contributed by atoms with Crippen LogP contribution in [0.5, 0.6) is 0 Å². The SMILES string of the molecule is OC1CCCCC1N1CCC(c2cccc(I)c2)CC1. The smallest absolute Gasteiger partial charge is 0.0695 e. The van der Waals surface area contributed by atoms with E-state index in [9.17, 15) is 5.11 Å². The van der Waals surface area contributed by atoms with Crippen molar-refractivity contribution in [3.05, 3.63) is 33.4 Å². The Morgan fingerprint density at radius 3 is 2.50 bits per heavy atom. The molecule has 2 nitrogen and oxygen atoms in total. The van der Waals surface area contributed by atoms with Gasteiger partial charge in [0.25, 0.3) is 0 Å². The Labute approximate surface area is 135 Å². The lowest BCUT2D eigenvalue weighted by atomic mass is 9.86. The molecule has 2 unspecified atom stereocenters. The van der Waals surface area contributed by atoms with Gasteiger partial charge in [-0.05, 0) is 85.0 Å². The number of halogens is 1. The van der Waals surface area contributed by atoms with Crippen LogP contribution in [0.15, 0.2) is 24.3 Å². The van der Waals surface area contributed by atoms with Crippen LogP contribution in [0.1, 0.15) is 50.0 Å². The first kappa shape index (κ1) is 14.8. The van der Waals surface area contributed by atoms with Gasteiger partial charge in [-0.2, -0.15) is 0 Å². The van der Waals surface area contributed by atoms with Gasteiger partial charge in [-0.3, -0.25) is 4.90 Å². The topological polar surface area (TPSA) is 23.5 Å². The Bertz CT molecular complexity index is 442. The Kier molecular flexibility index (Phi) is 5.00. The van der Waals surface area contributed by atoms with E-state index in [2.05, 4.69) is 51.8 Å². The Morgan fingerprint density at radius 2 is 1.80 bits per heavy atom. The number of piperidine rings is 1. The van der Waals surface area contributed by atoms with E-state index in [1.54, 1.807) is 0 Å². The summed E-state index contributed by atoms with van der Waals surface area (Å²) in [4.78, 5) is 2.55. The van der Waals surface area contributed by atoms with Gasteiger partial charge in [-0.15, -0.1) is 0 Å². The predicted octanol–water partition coefficient (Wildman–Crippen LogP) is 3.77. The summed E-state index contributed by atoms with van der Waals surface area (Å²) < 4.78 is 1.34. The molecule has 1 aliphatic heterocycles. The highest BCUT2D eigenvalue weighted by atomic mass is 127. The number of aliphatic hydroxyl groups is 1. The minimum absolute atomic E-state index is 0.0852. The minimum Gasteiger partial charge on any atom is -0.391 e. The molecular formula is C17H24INO. The molecule has 2 fully saturated rings. The number of hydrogen-bond donors (Lipinski definition) is 1. The largest absolute Gasteiger partial charge is 0.391 e. The van der Waals surface area contributed by atoms with E-state index in [0.29, 0.717) is 12.0 Å². The summed E-state index contributed by atoms with van der Waals surface area (Å²) in [6.07, 6.45) is 7.08. The summed E-state index contributed by atoms with van der Waals surface area (Å²) in [5, 5.41) is 10.2. The zero-order valence-electron chi connectivity index (χ0n) is 12.0. The third-order valence-corrected chi connectivity index (χ3v) is 5.68. The first-order valence-electron chi connectivity index (χ1n) is 7.91. The third-order valence-electron chi connectivity index (χ3n) is 5.01. The summed E-state index contributed by atoms with van der Waals surface area (Å²) in [7, 11) is 0. The van der Waals surface area contributed by atoms with Crippen molar-refractivity contribution in [1.82, 2.24) is 4.90 Å². The van der Waals surface area contributed by atoms with Gasteiger partial charge in [0.15, 0.2) is 0 Å². The number of benzene rings is 1. The van der Waals surface area contributed by atoms with Crippen LogP contribution in [0.25, 0.3) is 0 Å². The molecule has 110 valence electrons. The number of rotatable bonds is 2. The molecule has 1 aromatic rings. The van der Waals surface area contributed by atoms with Crippen molar-refractivity contribution in [2.24, 2.45) is 0 Å². The lowest BCUT2D eigenvalue weighted by molar-refractivity contribution is 0.00870. The van der Waals surface area contributed by atoms with Crippen molar-refractivity contribution in [2.75, 3.05) is 13.1 Å². The molecule has 3 heteroatoms. The molecule has 0 aromatic heterocycles. The Hall–Kier alpha value is -0.130. The third kappa shape index (κ3) is 3.37. The molecule has 1 saturated carbocycles. The van der Waals surface area contributed by atoms with E-state index in [4.69, 9.17) is 0 Å². The number of aliphatic hydroxyl groups excluding tert-OH is 1. The van der Waals surface area contributed by atoms with E-state index in [0.717, 1.165) is 19.5 Å². The summed E-state index contributed by atoms with van der Waals surface area (Å²) in [5.41, 5.74) is 1.50. The molecule has 0 spiro atoms. The first-order chi connectivity index (χ1) is 9.74. The molecule has 0 bridgehead atoms. The summed E-state index contributed by atoms with van der Waals surface area (Å²) >= 11 is 2.40. The molecule has 3 rings (SSSR count). The molecule has 1 N–H and O–H groups in total. The van der Waals surface area contributed by atoms with Crippen molar-refractivity contribution < 1.29 is 5.11 Å². The maximum Gasteiger partial charge on any atom is 0.0695 e. The summed E-state index contributed by atoms with van der Waals surface area (Å²) in [6, 6.07) is 9.38. The van der Waals surface area contributed by atoms with Gasteiger partial charge >= 0.3 is 0 Å². The predicted molar refractivity (Wildman–Crippen MR) is 91.0 cm³/mol. The van der Waals surface area contributed by atoms with Gasteiger partial charge in [-0.25, -0.2) is 0 Å². The fourth-order valence-electron chi connectivity index (χ4n) is 3.84. The highest BCUT2D eigenvalue weighted by molar-refractivity contribution is 14.1. The second kappa shape index (κ2) is 6.75. The van der Waals surface area contributed by atoms with Crippen molar-refractivity contribution in [3.63, 3.8) is 0 Å². The highest BCUT2D eigenvalue weighted by Gasteiger charge is 2.31. The number of nitrogens with zero attached hydrogens (tertiary/aromatic N) is 1. The molecule has 1 saturated heterocycles. The van der Waals surface area contributed by atoms with Crippen molar-refractivity contribution >= 4 is 22.6 Å². The van der Waals surface area contributed by atoms with E-state index in [1.807, 2.05) is 0 Å². The van der Waals surface area contributed by atoms with Gasteiger partial charge in [-0.1, -0.05) is 25.0 Å². The van der Waals surface area contributed by atoms with Crippen LogP contribution in [0.4, 0.5) is 0 Å². The number of hydrogen-bond acceptors (Lipinski definition) is 2. The van der Waals surface area contributed by atoms with Crippen molar-refractivity contribution in [1.29, 1.82) is 0 Å². The Morgan fingerprint density at radius 1 is 1.05 bits per heavy atom. The van der Waals surface area contributed by atoms with E-state index in [-0.39, 0.29) is 6.10 Å². The zero-order chi connectivity index (χ0) is 13.9. The first-order valence-corrected chi connectivity index (χ1v) is 8.99. The molecule has 0 amide bonds. The fraction of sp³-hybridized carbons (Fsp3) is 0.647. The van der Waals surface area contributed by atoms with Crippen LogP contribution < -0.4 is 0 Å². The van der Waals surface area contributed by atoms with Gasteiger partial charge in [0.05, 0.1) is 6.10 Å². The summed E-state index contributed by atoms with van der Waals surface area (Å²) in [6.45, 7) is 2.30. The van der Waals surface area contributed by atoms with Crippen LogP contribution in [0, 0.1) is 3.57 Å². The molecule has 20 heavy (non-hydrogen) atoms. The standard InChI is InChI=1S/C17H24INO/c18-15-5-3-4-14(12-15)13-8-10-19(11-9-13)16-6-1-2-7-17(16)20/h3-5,12-13,16-17,20H,1-2,6-11H2. The maximum atomic E-state index is 10.2.